The third-order valence-corrected chi connectivity index (χ3v) is 5.64. The third-order valence-electron chi connectivity index (χ3n) is 4.51. The number of ketones is 1. The van der Waals surface area contributed by atoms with Crippen molar-refractivity contribution in [2.24, 2.45) is 0 Å². The summed E-state index contributed by atoms with van der Waals surface area (Å²) in [5.74, 6) is -2.36. The van der Waals surface area contributed by atoms with Gasteiger partial charge >= 0.3 is 17.8 Å². The van der Waals surface area contributed by atoms with Crippen LogP contribution in [0.4, 0.5) is 4.79 Å². The van der Waals surface area contributed by atoms with Gasteiger partial charge in [0, 0.05) is 24.5 Å². The average molecular weight is 407 g/mol. The predicted octanol–water partition coefficient (Wildman–Crippen LogP) is 0.533. The number of morpholine rings is 1. The summed E-state index contributed by atoms with van der Waals surface area (Å²) in [6.45, 7) is 3.58. The van der Waals surface area contributed by atoms with Gasteiger partial charge in [-0.25, -0.2) is 9.69 Å². The minimum atomic E-state index is -0.980. The fourth-order valence-electron chi connectivity index (χ4n) is 3.03. The van der Waals surface area contributed by atoms with Crippen LogP contribution < -0.4 is 0 Å². The third kappa shape index (κ3) is 4.12. The molecule has 0 radical (unpaired) electrons. The van der Waals surface area contributed by atoms with Crippen molar-refractivity contribution in [2.75, 3.05) is 39.4 Å². The lowest BCUT2D eigenvalue weighted by molar-refractivity contribution is -0.143. The topological polar surface area (TPSA) is 104 Å². The van der Waals surface area contributed by atoms with Gasteiger partial charge in [-0.1, -0.05) is 6.92 Å². The molecule has 9 nitrogen and oxygen atoms in total. The van der Waals surface area contributed by atoms with Crippen molar-refractivity contribution >= 4 is 40.9 Å². The number of nitrogens with zero attached hydrogens (tertiary/aromatic N) is 3. The molecular formula is C18H21N3O6S. The van der Waals surface area contributed by atoms with E-state index in [1.807, 2.05) is 0 Å². The maximum Gasteiger partial charge on any atom is 0.334 e. The molecule has 2 aliphatic rings. The Morgan fingerprint density at radius 2 is 1.75 bits per heavy atom. The van der Waals surface area contributed by atoms with Crippen LogP contribution in [0.1, 0.15) is 27.9 Å². The van der Waals surface area contributed by atoms with E-state index in [1.54, 1.807) is 24.0 Å². The fraction of sp³-hybridized carbons (Fsp3) is 0.500. The van der Waals surface area contributed by atoms with E-state index in [0.29, 0.717) is 42.5 Å². The van der Waals surface area contributed by atoms with E-state index in [4.69, 9.17) is 4.74 Å². The van der Waals surface area contributed by atoms with Crippen molar-refractivity contribution in [1.82, 2.24) is 14.7 Å². The summed E-state index contributed by atoms with van der Waals surface area (Å²) in [5.41, 5.74) is 0. The van der Waals surface area contributed by atoms with E-state index >= 15 is 0 Å². The quantitative estimate of drug-likeness (QED) is 0.371. The first-order chi connectivity index (χ1) is 13.4. The average Bonchev–Trinajstić information content (AvgIpc) is 3.24. The van der Waals surface area contributed by atoms with Crippen molar-refractivity contribution in [3.8, 4) is 0 Å². The zero-order chi connectivity index (χ0) is 20.3. The lowest BCUT2D eigenvalue weighted by Gasteiger charge is -2.26. The number of amides is 5. The molecule has 0 spiro atoms. The highest BCUT2D eigenvalue weighted by Gasteiger charge is 2.44. The number of hydrogen-bond acceptors (Lipinski definition) is 7. The van der Waals surface area contributed by atoms with Crippen LogP contribution in [0.5, 0.6) is 0 Å². The van der Waals surface area contributed by atoms with E-state index in [2.05, 4.69) is 0 Å². The number of rotatable bonds is 7. The van der Waals surface area contributed by atoms with Crippen molar-refractivity contribution in [2.45, 2.75) is 19.8 Å². The molecule has 2 fully saturated rings. The molecule has 3 rings (SSSR count). The summed E-state index contributed by atoms with van der Waals surface area (Å²) in [7, 11) is 0. The largest absolute Gasteiger partial charge is 0.378 e. The van der Waals surface area contributed by atoms with E-state index in [9.17, 15) is 24.0 Å². The monoisotopic (exact) mass is 407 g/mol. The Balaban J connectivity index is 1.61. The minimum absolute atomic E-state index is 0.0325. The molecular weight excluding hydrogens is 386 g/mol. The molecule has 150 valence electrons. The Morgan fingerprint density at radius 3 is 2.43 bits per heavy atom. The Kier molecular flexibility index (Phi) is 6.20. The number of carbonyl (C=O) groups is 5. The molecule has 0 unspecified atom stereocenters. The van der Waals surface area contributed by atoms with Crippen LogP contribution in [0.2, 0.25) is 0 Å². The molecule has 0 atom stereocenters. The van der Waals surface area contributed by atoms with Crippen LogP contribution in [-0.2, 0) is 25.5 Å². The molecule has 28 heavy (non-hydrogen) atoms. The van der Waals surface area contributed by atoms with Crippen LogP contribution in [-0.4, -0.2) is 83.6 Å². The molecule has 2 aliphatic heterocycles. The van der Waals surface area contributed by atoms with Crippen molar-refractivity contribution in [3.05, 3.63) is 21.9 Å². The number of hydrogen-bond donors (Lipinski definition) is 0. The number of urea groups is 1. The zero-order valence-corrected chi connectivity index (χ0v) is 16.3. The molecule has 0 aliphatic carbocycles. The minimum Gasteiger partial charge on any atom is -0.378 e. The number of Topliss-reactive ketones (excluding diaryl/α,β-unsaturated/α-hetero) is 1. The smallest absolute Gasteiger partial charge is 0.334 e. The second kappa shape index (κ2) is 8.61. The number of carbonyl (C=O) groups excluding carboxylic acids is 5. The Morgan fingerprint density at radius 1 is 1.07 bits per heavy atom. The number of ether oxygens (including phenoxy) is 1. The van der Waals surface area contributed by atoms with Crippen molar-refractivity contribution in [1.29, 1.82) is 0 Å². The molecule has 5 amide bonds. The lowest BCUT2D eigenvalue weighted by Crippen LogP contribution is -2.41. The lowest BCUT2D eigenvalue weighted by atomic mass is 10.2. The van der Waals surface area contributed by atoms with Gasteiger partial charge in [0.05, 0.1) is 31.1 Å². The maximum atomic E-state index is 12.5. The summed E-state index contributed by atoms with van der Waals surface area (Å²) in [6, 6.07) is 2.51. The molecule has 1 aromatic heterocycles. The number of thiophene rings is 1. The second-order valence-electron chi connectivity index (χ2n) is 6.49. The van der Waals surface area contributed by atoms with Gasteiger partial charge in [0.15, 0.2) is 5.78 Å². The fourth-order valence-corrected chi connectivity index (χ4v) is 3.96. The van der Waals surface area contributed by atoms with Crippen LogP contribution in [0.15, 0.2) is 12.1 Å². The molecule has 1 aromatic rings. The highest BCUT2D eigenvalue weighted by atomic mass is 32.1. The van der Waals surface area contributed by atoms with Crippen molar-refractivity contribution < 1.29 is 28.7 Å². The van der Waals surface area contributed by atoms with E-state index in [0.717, 1.165) is 21.1 Å². The van der Waals surface area contributed by atoms with Gasteiger partial charge in [-0.3, -0.25) is 24.1 Å². The Labute approximate surface area is 165 Å². The molecule has 0 saturated carbocycles. The predicted molar refractivity (Wildman–Crippen MR) is 98.9 cm³/mol. The second-order valence-corrected chi connectivity index (χ2v) is 7.66. The summed E-state index contributed by atoms with van der Waals surface area (Å²) < 4.78 is 5.22. The van der Waals surface area contributed by atoms with E-state index < -0.39 is 30.2 Å². The van der Waals surface area contributed by atoms with Gasteiger partial charge in [0.2, 0.25) is 5.91 Å². The normalized spacial score (nSPS) is 17.6. The van der Waals surface area contributed by atoms with Crippen molar-refractivity contribution in [3.63, 3.8) is 0 Å². The molecule has 0 bridgehead atoms. The molecule has 0 N–H and O–H groups in total. The maximum absolute atomic E-state index is 12.5. The first-order valence-electron chi connectivity index (χ1n) is 9.07. The Bertz CT molecular complexity index is 814. The van der Waals surface area contributed by atoms with E-state index in [1.165, 1.54) is 0 Å². The van der Waals surface area contributed by atoms with Crippen LogP contribution in [0, 0.1) is 0 Å². The van der Waals surface area contributed by atoms with Gasteiger partial charge in [0.1, 0.15) is 0 Å². The van der Waals surface area contributed by atoms with Gasteiger partial charge in [0.25, 0.3) is 0 Å². The highest BCUT2D eigenvalue weighted by Crippen LogP contribution is 2.20. The summed E-state index contributed by atoms with van der Waals surface area (Å²) in [4.78, 5) is 65.2. The standard InChI is InChI=1S/C18H21N3O6S/c1-2-5-20-16(24)17(25)21(18(20)26)11-13(22)14-4-3-12(28-14)10-15(23)19-6-8-27-9-7-19/h3-4H,2,5-11H2,1H3. The van der Waals surface area contributed by atoms with Crippen LogP contribution in [0.3, 0.4) is 0 Å². The van der Waals surface area contributed by atoms with Crippen LogP contribution >= 0.6 is 11.3 Å². The van der Waals surface area contributed by atoms with Gasteiger partial charge in [-0.05, 0) is 18.6 Å². The van der Waals surface area contributed by atoms with Gasteiger partial charge < -0.3 is 9.64 Å². The number of imide groups is 2. The Hall–Kier alpha value is -2.59. The summed E-state index contributed by atoms with van der Waals surface area (Å²) >= 11 is 1.15. The van der Waals surface area contributed by atoms with Gasteiger partial charge in [-0.2, -0.15) is 0 Å². The summed E-state index contributed by atoms with van der Waals surface area (Å²) in [6.07, 6.45) is 0.709. The first-order valence-corrected chi connectivity index (χ1v) is 9.88. The van der Waals surface area contributed by atoms with Crippen LogP contribution in [0.25, 0.3) is 0 Å². The van der Waals surface area contributed by atoms with Gasteiger partial charge in [-0.15, -0.1) is 11.3 Å². The molecule has 2 saturated heterocycles. The summed E-state index contributed by atoms with van der Waals surface area (Å²) in [5, 5.41) is 0. The molecule has 10 heteroatoms. The zero-order valence-electron chi connectivity index (χ0n) is 15.5. The molecule has 0 aromatic carbocycles. The van der Waals surface area contributed by atoms with E-state index in [-0.39, 0.29) is 18.9 Å². The SMILES string of the molecule is CCCN1C(=O)C(=O)N(CC(=O)c2ccc(CC(=O)N3CCOCC3)s2)C1=O. The first kappa shape index (κ1) is 20.2. The highest BCUT2D eigenvalue weighted by molar-refractivity contribution is 7.14. The molecule has 3 heterocycles.